The Bertz CT molecular complexity index is 1310. The van der Waals surface area contributed by atoms with E-state index in [9.17, 15) is 9.59 Å². The lowest BCUT2D eigenvalue weighted by molar-refractivity contribution is -0.106. The van der Waals surface area contributed by atoms with Crippen molar-refractivity contribution in [2.75, 3.05) is 34.9 Å². The smallest absolute Gasteiger partial charge is 0.319 e. The van der Waals surface area contributed by atoms with E-state index in [0.717, 1.165) is 0 Å². The molecule has 0 unspecified atom stereocenters. The van der Waals surface area contributed by atoms with Gasteiger partial charge in [-0.05, 0) is 19.4 Å². The minimum absolute atomic E-state index is 0.121. The Kier molecular flexibility index (Phi) is 9.55. The molecule has 1 aliphatic heterocycles. The van der Waals surface area contributed by atoms with Crippen molar-refractivity contribution in [2.45, 2.75) is 26.4 Å². The first kappa shape index (κ1) is 28.3. The number of amides is 1. The maximum Gasteiger partial charge on any atom is 0.319 e. The Morgan fingerprint density at radius 1 is 1.29 bits per heavy atom. The number of carbonyl (C=O) groups is 2. The molecule has 0 saturated heterocycles. The fourth-order valence-electron chi connectivity index (χ4n) is 3.73. The van der Waals surface area contributed by atoms with Crippen molar-refractivity contribution in [2.24, 2.45) is 15.9 Å². The Balaban J connectivity index is 2.02. The first-order chi connectivity index (χ1) is 18.2. The van der Waals surface area contributed by atoms with E-state index in [0.29, 0.717) is 53.6 Å². The van der Waals surface area contributed by atoms with E-state index >= 15 is 0 Å². The predicted octanol–water partition coefficient (Wildman–Crippen LogP) is 1.83. The quantitative estimate of drug-likeness (QED) is 0.0803. The largest absolute Gasteiger partial charge is 0.480 e. The molecule has 1 amide bonds. The van der Waals surface area contributed by atoms with Crippen molar-refractivity contribution in [3.63, 3.8) is 0 Å². The molecule has 0 radical (unpaired) electrons. The molecular weight excluding hydrogens is 514 g/mol. The monoisotopic (exact) mass is 543 g/mol. The van der Waals surface area contributed by atoms with Crippen LogP contribution in [0.3, 0.4) is 0 Å². The molecule has 0 bridgehead atoms. The topological polar surface area (TPSA) is 153 Å². The molecule has 0 aliphatic carbocycles. The van der Waals surface area contributed by atoms with Crippen molar-refractivity contribution < 1.29 is 19.1 Å². The molecule has 1 aliphatic rings. The molecule has 0 aromatic carbocycles. The molecule has 2 aromatic heterocycles. The van der Waals surface area contributed by atoms with E-state index in [1.807, 2.05) is 4.57 Å². The van der Waals surface area contributed by atoms with Crippen LogP contribution in [0.1, 0.15) is 29.5 Å². The molecule has 3 heterocycles. The Morgan fingerprint density at radius 2 is 2.05 bits per heavy atom. The average molecular weight is 544 g/mol. The molecule has 0 saturated carbocycles. The number of nitrogens with zero attached hydrogens (tertiary/aromatic N) is 8. The molecule has 202 valence electrons. The summed E-state index contributed by atoms with van der Waals surface area (Å²) in [5.74, 6) is 5.52. The van der Waals surface area contributed by atoms with Crippen LogP contribution in [0, 0.1) is 0 Å². The summed E-state index contributed by atoms with van der Waals surface area (Å²) in [4.78, 5) is 45.8. The number of hydrogen-bond acceptors (Lipinski definition) is 11. The van der Waals surface area contributed by atoms with Crippen LogP contribution in [0.4, 0.5) is 0 Å². The number of aliphatic imine (C=N–C) groups is 1. The molecule has 0 fully saturated rings. The zero-order chi connectivity index (χ0) is 27.8. The molecule has 13 nitrogen and oxygen atoms in total. The van der Waals surface area contributed by atoms with Crippen LogP contribution in [-0.4, -0.2) is 88.3 Å². The van der Waals surface area contributed by atoms with Gasteiger partial charge in [0.1, 0.15) is 5.82 Å². The Hall–Kier alpha value is -4.26. The van der Waals surface area contributed by atoms with Crippen molar-refractivity contribution in [1.29, 1.82) is 0 Å². The number of methoxy groups -OCH3 is 2. The SMILES string of the molecule is COc1ncc(-c2nc3c(n2CCCN=C/C(C)=N\N)CN(/C(C=O)=C/C(Cl)=C\N(C)C)C3=O)c(OC)n1. The van der Waals surface area contributed by atoms with Gasteiger partial charge in [0, 0.05) is 45.8 Å². The van der Waals surface area contributed by atoms with Gasteiger partial charge in [-0.3, -0.25) is 19.5 Å². The van der Waals surface area contributed by atoms with E-state index in [-0.39, 0.29) is 29.8 Å². The van der Waals surface area contributed by atoms with Crippen LogP contribution in [0.2, 0.25) is 0 Å². The minimum Gasteiger partial charge on any atom is -0.480 e. The van der Waals surface area contributed by atoms with Gasteiger partial charge in [-0.25, -0.2) is 9.97 Å². The van der Waals surface area contributed by atoms with E-state index in [1.165, 1.54) is 31.4 Å². The minimum atomic E-state index is -0.422. The first-order valence-electron chi connectivity index (χ1n) is 11.6. The Morgan fingerprint density at radius 3 is 2.68 bits per heavy atom. The van der Waals surface area contributed by atoms with Crippen LogP contribution in [0.15, 0.2) is 39.3 Å². The van der Waals surface area contributed by atoms with Crippen molar-refractivity contribution in [1.82, 2.24) is 29.3 Å². The number of aldehydes is 1. The van der Waals surface area contributed by atoms with Gasteiger partial charge in [0.25, 0.3) is 5.91 Å². The number of rotatable bonds is 12. The molecule has 14 heteroatoms. The third kappa shape index (κ3) is 6.35. The van der Waals surface area contributed by atoms with Crippen LogP contribution in [0.25, 0.3) is 11.4 Å². The molecule has 3 rings (SSSR count). The summed E-state index contributed by atoms with van der Waals surface area (Å²) in [6, 6.07) is 0.133. The van der Waals surface area contributed by atoms with Gasteiger partial charge < -0.3 is 24.8 Å². The molecule has 38 heavy (non-hydrogen) atoms. The summed E-state index contributed by atoms with van der Waals surface area (Å²) in [5.41, 5.74) is 2.06. The number of hydrogen-bond donors (Lipinski definition) is 1. The van der Waals surface area contributed by atoms with Gasteiger partial charge in [-0.15, -0.1) is 0 Å². The van der Waals surface area contributed by atoms with E-state index < -0.39 is 5.91 Å². The normalized spacial score (nSPS) is 14.3. The van der Waals surface area contributed by atoms with Crippen LogP contribution in [-0.2, 0) is 17.9 Å². The van der Waals surface area contributed by atoms with Gasteiger partial charge in [0.05, 0.1) is 48.5 Å². The second-order valence-corrected chi connectivity index (χ2v) is 8.81. The summed E-state index contributed by atoms with van der Waals surface area (Å²) in [7, 11) is 6.52. The fraction of sp³-hybridized carbons (Fsp3) is 0.375. The number of hydrazone groups is 1. The van der Waals surface area contributed by atoms with Crippen molar-refractivity contribution in [3.05, 3.63) is 40.6 Å². The standard InChI is InChI=1S/C24H30ClN9O4/c1-15(31-26)10-27-7-6-8-33-19-13-34(17(14-35)9-16(25)12-32(2)3)23(36)20(19)29-21(33)18-11-28-24(38-5)30-22(18)37-4/h9-12,14H,6-8,13,26H2,1-5H3/b16-12+,17-9+,27-10?,31-15-. The number of ether oxygens (including phenoxy) is 2. The van der Waals surface area contributed by atoms with Gasteiger partial charge in [-0.2, -0.15) is 10.1 Å². The summed E-state index contributed by atoms with van der Waals surface area (Å²) in [6.07, 6.45) is 7.41. The van der Waals surface area contributed by atoms with Gasteiger partial charge in [0.2, 0.25) is 5.88 Å². The average Bonchev–Trinajstić information content (AvgIpc) is 3.42. The Labute approximate surface area is 225 Å². The zero-order valence-electron chi connectivity index (χ0n) is 21.9. The number of aromatic nitrogens is 4. The first-order valence-corrected chi connectivity index (χ1v) is 11.9. The molecule has 2 N–H and O–H groups in total. The lowest BCUT2D eigenvalue weighted by Crippen LogP contribution is -2.25. The summed E-state index contributed by atoms with van der Waals surface area (Å²) in [6.45, 7) is 2.82. The second kappa shape index (κ2) is 12.8. The van der Waals surface area contributed by atoms with E-state index in [4.69, 9.17) is 26.9 Å². The lowest BCUT2D eigenvalue weighted by atomic mass is 10.3. The van der Waals surface area contributed by atoms with Crippen LogP contribution in [0.5, 0.6) is 11.9 Å². The van der Waals surface area contributed by atoms with Gasteiger partial charge >= 0.3 is 6.01 Å². The summed E-state index contributed by atoms with van der Waals surface area (Å²) < 4.78 is 12.4. The highest BCUT2D eigenvalue weighted by molar-refractivity contribution is 6.31. The van der Waals surface area contributed by atoms with Crippen molar-refractivity contribution >= 4 is 35.7 Å². The van der Waals surface area contributed by atoms with E-state index in [1.54, 1.807) is 38.3 Å². The number of imidazole rings is 1. The predicted molar refractivity (Wildman–Crippen MR) is 143 cm³/mol. The fourth-order valence-corrected chi connectivity index (χ4v) is 4.04. The lowest BCUT2D eigenvalue weighted by Gasteiger charge is -2.18. The van der Waals surface area contributed by atoms with Crippen molar-refractivity contribution in [3.8, 4) is 23.3 Å². The highest BCUT2D eigenvalue weighted by atomic mass is 35.5. The number of fused-ring (bicyclic) bond motifs is 1. The van der Waals surface area contributed by atoms with Crippen LogP contribution >= 0.6 is 11.6 Å². The number of halogens is 1. The molecular formula is C24H30ClN9O4. The zero-order valence-corrected chi connectivity index (χ0v) is 22.6. The maximum atomic E-state index is 13.4. The highest BCUT2D eigenvalue weighted by Gasteiger charge is 2.37. The van der Waals surface area contributed by atoms with Gasteiger partial charge in [-0.1, -0.05) is 11.6 Å². The number of nitrogens with two attached hydrogens (primary N) is 1. The summed E-state index contributed by atoms with van der Waals surface area (Å²) in [5, 5.41) is 3.87. The molecule has 0 atom stereocenters. The highest BCUT2D eigenvalue weighted by Crippen LogP contribution is 2.34. The third-order valence-corrected chi connectivity index (χ3v) is 5.63. The second-order valence-electron chi connectivity index (χ2n) is 8.38. The molecule has 2 aromatic rings. The van der Waals surface area contributed by atoms with Crippen LogP contribution < -0.4 is 15.3 Å². The number of allylic oxidation sites excluding steroid dienone is 3. The summed E-state index contributed by atoms with van der Waals surface area (Å²) >= 11 is 6.24. The molecule has 0 spiro atoms. The van der Waals surface area contributed by atoms with E-state index in [2.05, 4.69) is 25.0 Å². The third-order valence-electron chi connectivity index (χ3n) is 5.43. The van der Waals surface area contributed by atoms with Gasteiger partial charge in [0.15, 0.2) is 12.0 Å². The maximum absolute atomic E-state index is 13.4. The number of carbonyl (C=O) groups excluding carboxylic acids is 2.